The lowest BCUT2D eigenvalue weighted by atomic mass is 9.86. The summed E-state index contributed by atoms with van der Waals surface area (Å²) < 4.78 is 19.0. The third-order valence-electron chi connectivity index (χ3n) is 12.7. The van der Waals surface area contributed by atoms with E-state index in [0.717, 1.165) is 69.2 Å². The molecule has 3 aromatic carbocycles. The minimum absolute atomic E-state index is 0.0638. The Hall–Kier alpha value is -6.10. The molecule has 4 atom stereocenters. The zero-order valence-electron chi connectivity index (χ0n) is 36.6. The van der Waals surface area contributed by atoms with Gasteiger partial charge in [0.05, 0.1) is 12.1 Å². The first-order valence-electron chi connectivity index (χ1n) is 22.1. The summed E-state index contributed by atoms with van der Waals surface area (Å²) in [4.78, 5) is 46.9. The molecule has 1 fully saturated rings. The number of nitrogens with one attached hydrogen (secondary N) is 2. The number of fused-ring (bicyclic) bond motifs is 2. The van der Waals surface area contributed by atoms with Crippen molar-refractivity contribution in [2.75, 3.05) is 6.61 Å². The predicted molar refractivity (Wildman–Crippen MR) is 240 cm³/mol. The molecule has 11 nitrogen and oxygen atoms in total. The van der Waals surface area contributed by atoms with Crippen LogP contribution in [0, 0.1) is 19.8 Å². The standard InChI is InChI=1S/C51H60N4O7/c1-6-35-18-22-42(23-19-35)61-41(7-2)14-11-15-43-31-60-47-28-39-27-46(55(30-40(39)29-48(47)62-43)51(59)53-34(5)37-12-9-8-10-13-37)49(56)54-45(50(57)58)26-36-16-20-38(21-17-36)44-24-25-52-33(4)32(44)3/h7-14,16-17,20-21,24-25,28-29,34-35,42-43,45-46H,6,15,18-19,22-23,26-27,30-31H2,1-5H3,(H,53,59)(H,54,56)(H,57,58). The van der Waals surface area contributed by atoms with Gasteiger partial charge in [-0.15, -0.1) is 0 Å². The Morgan fingerprint density at radius 3 is 2.42 bits per heavy atom. The first-order valence-corrected chi connectivity index (χ1v) is 22.1. The van der Waals surface area contributed by atoms with Gasteiger partial charge in [0.1, 0.15) is 30.6 Å². The third-order valence-corrected chi connectivity index (χ3v) is 12.7. The van der Waals surface area contributed by atoms with E-state index in [1.54, 1.807) is 6.20 Å². The number of nitrogens with zero attached hydrogens (tertiary/aromatic N) is 2. The highest BCUT2D eigenvalue weighted by Gasteiger charge is 2.38. The molecule has 3 N–H and O–H groups in total. The number of allylic oxidation sites excluding steroid dienone is 2. The Bertz CT molecular complexity index is 2270. The van der Waals surface area contributed by atoms with Crippen molar-refractivity contribution in [1.82, 2.24) is 20.5 Å². The smallest absolute Gasteiger partial charge is 0.326 e. The van der Waals surface area contributed by atoms with E-state index in [4.69, 9.17) is 14.2 Å². The average molecular weight is 841 g/mol. The molecule has 3 heterocycles. The summed E-state index contributed by atoms with van der Waals surface area (Å²) in [7, 11) is 0. The van der Waals surface area contributed by atoms with E-state index in [2.05, 4.69) is 28.6 Å². The number of ether oxygens (including phenoxy) is 3. The number of aryl methyl sites for hydroxylation is 1. The van der Waals surface area contributed by atoms with Crippen molar-refractivity contribution >= 4 is 17.9 Å². The normalized spacial score (nSPS) is 20.8. The van der Waals surface area contributed by atoms with Crippen LogP contribution in [0.4, 0.5) is 4.79 Å². The van der Waals surface area contributed by atoms with E-state index in [-0.39, 0.29) is 37.6 Å². The predicted octanol–water partition coefficient (Wildman–Crippen LogP) is 9.35. The van der Waals surface area contributed by atoms with Crippen molar-refractivity contribution in [2.24, 2.45) is 5.92 Å². The topological polar surface area (TPSA) is 139 Å². The number of urea groups is 1. The van der Waals surface area contributed by atoms with Gasteiger partial charge < -0.3 is 34.9 Å². The van der Waals surface area contributed by atoms with Crippen LogP contribution in [0.1, 0.15) is 98.8 Å². The molecule has 3 amide bonds. The van der Waals surface area contributed by atoms with E-state index >= 15 is 0 Å². The van der Waals surface area contributed by atoms with Crippen LogP contribution in [0.3, 0.4) is 0 Å². The van der Waals surface area contributed by atoms with Crippen molar-refractivity contribution in [3.8, 4) is 22.6 Å². The monoisotopic (exact) mass is 840 g/mol. The van der Waals surface area contributed by atoms with Crippen LogP contribution in [-0.2, 0) is 33.7 Å². The molecule has 0 bridgehead atoms. The maximum absolute atomic E-state index is 14.3. The Morgan fingerprint density at radius 2 is 1.71 bits per heavy atom. The molecular weight excluding hydrogens is 781 g/mol. The van der Waals surface area contributed by atoms with Crippen molar-refractivity contribution in [3.63, 3.8) is 0 Å². The molecule has 1 saturated carbocycles. The number of hydrogen-bond acceptors (Lipinski definition) is 7. The van der Waals surface area contributed by atoms with Crippen LogP contribution < -0.4 is 20.1 Å². The SMILES string of the molecule is CC=C(C=CCC1COc2cc3c(cc2O1)CN(C(=O)NC(C)c1ccccc1)C(C(=O)NC(Cc1ccc(-c2ccnc(C)c2C)cc1)C(=O)O)C3)OC1CCC(CC)CC1. The number of carbonyl (C=O) groups is 3. The number of carboxylic acid groups (broad SMARTS) is 1. The second-order valence-electron chi connectivity index (χ2n) is 16.9. The van der Waals surface area contributed by atoms with Gasteiger partial charge in [-0.05, 0) is 129 Å². The van der Waals surface area contributed by atoms with Crippen LogP contribution in [0.5, 0.6) is 11.5 Å². The van der Waals surface area contributed by atoms with E-state index in [9.17, 15) is 19.5 Å². The number of aliphatic carboxylic acids is 1. The van der Waals surface area contributed by atoms with E-state index in [0.29, 0.717) is 24.5 Å². The average Bonchev–Trinajstić information content (AvgIpc) is 3.28. The second-order valence-corrected chi connectivity index (χ2v) is 16.9. The fraction of sp³-hybridized carbons (Fsp3) is 0.412. The lowest BCUT2D eigenvalue weighted by Crippen LogP contribution is -2.57. The fourth-order valence-electron chi connectivity index (χ4n) is 8.72. The number of amides is 3. The van der Waals surface area contributed by atoms with Gasteiger partial charge in [-0.2, -0.15) is 0 Å². The lowest BCUT2D eigenvalue weighted by Gasteiger charge is -2.38. The van der Waals surface area contributed by atoms with Crippen LogP contribution in [0.25, 0.3) is 11.1 Å². The summed E-state index contributed by atoms with van der Waals surface area (Å²) in [5.41, 5.74) is 7.39. The highest BCUT2D eigenvalue weighted by molar-refractivity contribution is 5.91. The molecule has 7 rings (SSSR count). The lowest BCUT2D eigenvalue weighted by molar-refractivity contribution is -0.142. The highest BCUT2D eigenvalue weighted by atomic mass is 16.6. The molecule has 3 aliphatic rings. The molecule has 1 aliphatic carbocycles. The van der Waals surface area contributed by atoms with Crippen molar-refractivity contribution in [3.05, 3.63) is 136 Å². The Balaban J connectivity index is 1.05. The number of rotatable bonds is 14. The fourth-order valence-corrected chi connectivity index (χ4v) is 8.72. The Labute approximate surface area is 365 Å². The number of benzene rings is 3. The summed E-state index contributed by atoms with van der Waals surface area (Å²) in [5.74, 6) is 1.11. The van der Waals surface area contributed by atoms with Crippen LogP contribution in [0.15, 0.2) is 103 Å². The van der Waals surface area contributed by atoms with Crippen molar-refractivity contribution < 1.29 is 33.7 Å². The number of aromatic nitrogens is 1. The summed E-state index contributed by atoms with van der Waals surface area (Å²) >= 11 is 0. The van der Waals surface area contributed by atoms with Gasteiger partial charge in [-0.3, -0.25) is 9.78 Å². The summed E-state index contributed by atoms with van der Waals surface area (Å²) in [6, 6.07) is 20.0. The van der Waals surface area contributed by atoms with Gasteiger partial charge in [-0.1, -0.05) is 74.0 Å². The molecule has 4 unspecified atom stereocenters. The zero-order valence-corrected chi connectivity index (χ0v) is 36.6. The number of carboxylic acids is 1. The van der Waals surface area contributed by atoms with E-state index in [1.807, 2.05) is 113 Å². The van der Waals surface area contributed by atoms with Crippen molar-refractivity contribution in [1.29, 1.82) is 0 Å². The van der Waals surface area contributed by atoms with E-state index < -0.39 is 30.0 Å². The molecule has 0 radical (unpaired) electrons. The maximum atomic E-state index is 14.3. The quantitative estimate of drug-likeness (QED) is 0.0844. The molecule has 0 saturated heterocycles. The molecular formula is C51H60N4O7. The Morgan fingerprint density at radius 1 is 0.968 bits per heavy atom. The molecule has 4 aromatic rings. The number of hydrogen-bond donors (Lipinski definition) is 3. The second kappa shape index (κ2) is 20.2. The third kappa shape index (κ3) is 10.7. The molecule has 2 aliphatic heterocycles. The van der Waals surface area contributed by atoms with Gasteiger partial charge in [0.2, 0.25) is 5.91 Å². The minimum Gasteiger partial charge on any atom is -0.491 e. The molecule has 62 heavy (non-hydrogen) atoms. The Kier molecular flexibility index (Phi) is 14.3. The van der Waals surface area contributed by atoms with Crippen LogP contribution >= 0.6 is 0 Å². The van der Waals surface area contributed by atoms with Gasteiger partial charge in [0, 0.05) is 37.7 Å². The zero-order chi connectivity index (χ0) is 43.8. The molecule has 1 aromatic heterocycles. The first-order chi connectivity index (χ1) is 30.0. The largest absolute Gasteiger partial charge is 0.491 e. The highest BCUT2D eigenvalue weighted by Crippen LogP contribution is 2.39. The van der Waals surface area contributed by atoms with Gasteiger partial charge >= 0.3 is 12.0 Å². The molecule has 326 valence electrons. The number of carbonyl (C=O) groups excluding carboxylic acids is 2. The van der Waals surface area contributed by atoms with Crippen LogP contribution in [0.2, 0.25) is 0 Å². The molecule has 11 heteroatoms. The van der Waals surface area contributed by atoms with Gasteiger partial charge in [0.15, 0.2) is 11.5 Å². The maximum Gasteiger partial charge on any atom is 0.326 e. The van der Waals surface area contributed by atoms with Crippen molar-refractivity contribution in [2.45, 2.75) is 123 Å². The van der Waals surface area contributed by atoms with Gasteiger partial charge in [0.25, 0.3) is 0 Å². The first kappa shape index (κ1) is 44.0. The molecule has 0 spiro atoms. The van der Waals surface area contributed by atoms with Gasteiger partial charge in [-0.25, -0.2) is 9.59 Å². The van der Waals surface area contributed by atoms with Crippen LogP contribution in [-0.4, -0.2) is 63.8 Å². The minimum atomic E-state index is -1.23. The van der Waals surface area contributed by atoms with E-state index in [1.165, 1.54) is 24.2 Å². The number of pyridine rings is 1. The summed E-state index contributed by atoms with van der Waals surface area (Å²) in [6.45, 7) is 10.6. The summed E-state index contributed by atoms with van der Waals surface area (Å²) in [5, 5.41) is 16.2. The summed E-state index contributed by atoms with van der Waals surface area (Å²) in [6.07, 6.45) is 14.6.